The molecule has 0 saturated carbocycles. The monoisotopic (exact) mass is 384 g/mol. The normalized spacial score (nSPS) is 18.2. The molecule has 144 valence electrons. The van der Waals surface area contributed by atoms with Crippen LogP contribution < -0.4 is 0 Å². The van der Waals surface area contributed by atoms with Crippen LogP contribution in [0.5, 0.6) is 0 Å². The van der Waals surface area contributed by atoms with Gasteiger partial charge < -0.3 is 10.2 Å². The molecule has 1 aliphatic heterocycles. The van der Waals surface area contributed by atoms with Gasteiger partial charge >= 0.3 is 0 Å². The SMILES string of the molecule is OCCC#Cc1ccc(CN2CCN(Cc3cccs3)C(CCO)C2)cc1. The first-order valence-corrected chi connectivity index (χ1v) is 10.4. The molecule has 0 radical (unpaired) electrons. The summed E-state index contributed by atoms with van der Waals surface area (Å²) < 4.78 is 0. The van der Waals surface area contributed by atoms with Crippen molar-refractivity contribution in [3.8, 4) is 11.8 Å². The Morgan fingerprint density at radius 3 is 2.59 bits per heavy atom. The number of hydrogen-bond donors (Lipinski definition) is 2. The Labute approximate surface area is 166 Å². The molecule has 1 saturated heterocycles. The summed E-state index contributed by atoms with van der Waals surface area (Å²) in [4.78, 5) is 6.39. The van der Waals surface area contributed by atoms with Gasteiger partial charge in [-0.3, -0.25) is 9.80 Å². The molecule has 1 aliphatic rings. The van der Waals surface area contributed by atoms with Crippen molar-refractivity contribution < 1.29 is 10.2 Å². The van der Waals surface area contributed by atoms with Crippen molar-refractivity contribution in [1.29, 1.82) is 0 Å². The molecule has 3 rings (SSSR count). The van der Waals surface area contributed by atoms with Crippen molar-refractivity contribution in [3.63, 3.8) is 0 Å². The van der Waals surface area contributed by atoms with E-state index in [-0.39, 0.29) is 13.2 Å². The van der Waals surface area contributed by atoms with Gasteiger partial charge in [0.2, 0.25) is 0 Å². The van der Waals surface area contributed by atoms with Gasteiger partial charge in [-0.15, -0.1) is 11.3 Å². The van der Waals surface area contributed by atoms with Gasteiger partial charge in [-0.25, -0.2) is 0 Å². The molecule has 1 fully saturated rings. The standard InChI is InChI=1S/C22H28N2O2S/c25-13-2-1-4-19-6-8-20(9-7-19)16-23-11-12-24(21(17-23)10-14-26)18-22-5-3-15-27-22/h3,5-9,15,21,25-26H,2,10-14,16-18H2. The number of aliphatic hydroxyl groups excluding tert-OH is 2. The quantitative estimate of drug-likeness (QED) is 0.721. The minimum Gasteiger partial charge on any atom is -0.396 e. The molecule has 27 heavy (non-hydrogen) atoms. The summed E-state index contributed by atoms with van der Waals surface area (Å²) >= 11 is 1.81. The molecule has 1 unspecified atom stereocenters. The maximum atomic E-state index is 9.49. The third-order valence-corrected chi connectivity index (χ3v) is 5.78. The predicted octanol–water partition coefficient (Wildman–Crippen LogP) is 2.55. The molecule has 4 nitrogen and oxygen atoms in total. The highest BCUT2D eigenvalue weighted by Gasteiger charge is 2.26. The fraction of sp³-hybridized carbons (Fsp3) is 0.455. The Hall–Kier alpha value is -1.68. The van der Waals surface area contributed by atoms with E-state index in [1.165, 1.54) is 10.4 Å². The summed E-state index contributed by atoms with van der Waals surface area (Å²) in [6, 6.07) is 13.1. The van der Waals surface area contributed by atoms with Gasteiger partial charge in [-0.2, -0.15) is 0 Å². The molecule has 0 bridgehead atoms. The topological polar surface area (TPSA) is 46.9 Å². The van der Waals surface area contributed by atoms with Crippen molar-refractivity contribution >= 4 is 11.3 Å². The lowest BCUT2D eigenvalue weighted by molar-refractivity contribution is 0.0506. The number of rotatable bonds is 7. The van der Waals surface area contributed by atoms with E-state index in [1.807, 2.05) is 0 Å². The highest BCUT2D eigenvalue weighted by atomic mass is 32.1. The van der Waals surface area contributed by atoms with E-state index >= 15 is 0 Å². The number of hydrogen-bond acceptors (Lipinski definition) is 5. The summed E-state index contributed by atoms with van der Waals surface area (Å²) in [6.07, 6.45) is 1.34. The Morgan fingerprint density at radius 2 is 1.89 bits per heavy atom. The fourth-order valence-corrected chi connectivity index (χ4v) is 4.24. The molecule has 2 aromatic rings. The largest absolute Gasteiger partial charge is 0.396 e. The molecule has 2 N–H and O–H groups in total. The zero-order valence-electron chi connectivity index (χ0n) is 15.7. The van der Waals surface area contributed by atoms with E-state index in [0.29, 0.717) is 12.5 Å². The van der Waals surface area contributed by atoms with Crippen molar-refractivity contribution in [1.82, 2.24) is 9.80 Å². The van der Waals surface area contributed by atoms with E-state index in [1.54, 1.807) is 11.3 Å². The molecule has 0 spiro atoms. The van der Waals surface area contributed by atoms with Gasteiger partial charge in [0.05, 0.1) is 6.61 Å². The minimum atomic E-state index is 0.110. The zero-order valence-corrected chi connectivity index (χ0v) is 16.5. The van der Waals surface area contributed by atoms with Crippen LogP contribution in [0.3, 0.4) is 0 Å². The van der Waals surface area contributed by atoms with E-state index in [9.17, 15) is 5.11 Å². The Morgan fingerprint density at radius 1 is 1.04 bits per heavy atom. The van der Waals surface area contributed by atoms with E-state index < -0.39 is 0 Å². The van der Waals surface area contributed by atoms with E-state index in [2.05, 4.69) is 63.4 Å². The molecule has 2 heterocycles. The summed E-state index contributed by atoms with van der Waals surface area (Å²) in [7, 11) is 0. The molecule has 1 aromatic heterocycles. The van der Waals surface area contributed by atoms with Crippen molar-refractivity contribution in [3.05, 3.63) is 57.8 Å². The lowest BCUT2D eigenvalue weighted by atomic mass is 10.1. The number of benzene rings is 1. The Bertz CT molecular complexity index is 734. The van der Waals surface area contributed by atoms with Crippen molar-refractivity contribution in [2.24, 2.45) is 0 Å². The summed E-state index contributed by atoms with van der Waals surface area (Å²) in [5.41, 5.74) is 2.28. The zero-order chi connectivity index (χ0) is 18.9. The van der Waals surface area contributed by atoms with Gasteiger partial charge in [-0.05, 0) is 35.6 Å². The van der Waals surface area contributed by atoms with Crippen molar-refractivity contribution in [2.45, 2.75) is 32.0 Å². The highest BCUT2D eigenvalue weighted by molar-refractivity contribution is 7.09. The fourth-order valence-electron chi connectivity index (χ4n) is 3.51. The van der Waals surface area contributed by atoms with Gasteiger partial charge in [0.25, 0.3) is 0 Å². The molecule has 0 amide bonds. The molecule has 5 heteroatoms. The lowest BCUT2D eigenvalue weighted by Crippen LogP contribution is -2.52. The second-order valence-electron chi connectivity index (χ2n) is 6.92. The third-order valence-electron chi connectivity index (χ3n) is 4.92. The molecular weight excluding hydrogens is 356 g/mol. The first-order valence-electron chi connectivity index (χ1n) is 9.57. The second-order valence-corrected chi connectivity index (χ2v) is 7.96. The van der Waals surface area contributed by atoms with Gasteiger partial charge in [0.15, 0.2) is 0 Å². The summed E-state index contributed by atoms with van der Waals surface area (Å²) in [6.45, 7) is 5.33. The third kappa shape index (κ3) is 6.17. The van der Waals surface area contributed by atoms with Crippen LogP contribution in [0.15, 0.2) is 41.8 Å². The summed E-state index contributed by atoms with van der Waals surface area (Å²) in [5, 5.41) is 20.4. The smallest absolute Gasteiger partial charge is 0.0540 e. The van der Waals surface area contributed by atoms with Crippen LogP contribution in [0.1, 0.15) is 28.8 Å². The van der Waals surface area contributed by atoms with Crippen LogP contribution in [0, 0.1) is 11.8 Å². The minimum absolute atomic E-state index is 0.110. The highest BCUT2D eigenvalue weighted by Crippen LogP contribution is 2.20. The predicted molar refractivity (Wildman–Crippen MR) is 111 cm³/mol. The second kappa shape index (κ2) is 10.6. The van der Waals surface area contributed by atoms with E-state index in [4.69, 9.17) is 5.11 Å². The van der Waals surface area contributed by atoms with Crippen molar-refractivity contribution in [2.75, 3.05) is 32.8 Å². The summed E-state index contributed by atoms with van der Waals surface area (Å²) in [5.74, 6) is 6.03. The van der Waals surface area contributed by atoms with Crippen LogP contribution in [-0.4, -0.2) is 58.9 Å². The maximum Gasteiger partial charge on any atom is 0.0540 e. The first-order chi connectivity index (χ1) is 13.3. The molecule has 0 aliphatic carbocycles. The number of nitrogens with zero attached hydrogens (tertiary/aromatic N) is 2. The number of piperazine rings is 1. The lowest BCUT2D eigenvalue weighted by Gasteiger charge is -2.41. The van der Waals surface area contributed by atoms with Crippen LogP contribution in [-0.2, 0) is 13.1 Å². The Kier molecular flexibility index (Phi) is 7.88. The average molecular weight is 385 g/mol. The molecular formula is C22H28N2O2S. The molecule has 1 atom stereocenters. The van der Waals surface area contributed by atoms with Crippen LogP contribution in [0.4, 0.5) is 0 Å². The van der Waals surface area contributed by atoms with Crippen LogP contribution >= 0.6 is 11.3 Å². The van der Waals surface area contributed by atoms with Gasteiger partial charge in [0, 0.05) is 62.2 Å². The first kappa shape index (κ1) is 20.1. The maximum absolute atomic E-state index is 9.49. The molecule has 1 aromatic carbocycles. The van der Waals surface area contributed by atoms with Crippen LogP contribution in [0.2, 0.25) is 0 Å². The average Bonchev–Trinajstić information content (AvgIpc) is 3.19. The number of thiophene rings is 1. The van der Waals surface area contributed by atoms with Gasteiger partial charge in [-0.1, -0.05) is 30.0 Å². The van der Waals surface area contributed by atoms with E-state index in [0.717, 1.165) is 44.7 Å². The van der Waals surface area contributed by atoms with Crippen LogP contribution in [0.25, 0.3) is 0 Å². The Balaban J connectivity index is 1.56. The van der Waals surface area contributed by atoms with Gasteiger partial charge in [0.1, 0.15) is 0 Å². The number of aliphatic hydroxyl groups is 2.